The summed E-state index contributed by atoms with van der Waals surface area (Å²) in [6.07, 6.45) is 0. The quantitative estimate of drug-likeness (QED) is 0.675. The molecular weight excluding hydrogens is 252 g/mol. The van der Waals surface area contributed by atoms with E-state index in [9.17, 15) is 0 Å². The Morgan fingerprint density at radius 2 is 2.00 bits per heavy atom. The third kappa shape index (κ3) is 3.14. The number of thioether (sulfide) groups is 1. The molecule has 2 nitrogen and oxygen atoms in total. The predicted octanol–water partition coefficient (Wildman–Crippen LogP) is 3.92. The Labute approximate surface area is 110 Å². The SMILES string of the molecule is Cc1ccccc1CSc1nc(Cl)ccc1N. The van der Waals surface area contributed by atoms with Crippen LogP contribution in [0.3, 0.4) is 0 Å². The van der Waals surface area contributed by atoms with Gasteiger partial charge in [0, 0.05) is 5.75 Å². The van der Waals surface area contributed by atoms with Gasteiger partial charge in [0.05, 0.1) is 5.69 Å². The first kappa shape index (κ1) is 12.3. The van der Waals surface area contributed by atoms with E-state index in [1.165, 1.54) is 11.1 Å². The maximum absolute atomic E-state index is 5.85. The second-order valence-corrected chi connectivity index (χ2v) is 5.09. The van der Waals surface area contributed by atoms with Crippen LogP contribution < -0.4 is 5.73 Å². The van der Waals surface area contributed by atoms with E-state index >= 15 is 0 Å². The molecule has 1 heterocycles. The molecule has 0 aliphatic rings. The highest BCUT2D eigenvalue weighted by molar-refractivity contribution is 7.98. The van der Waals surface area contributed by atoms with Crippen LogP contribution in [0.15, 0.2) is 41.4 Å². The van der Waals surface area contributed by atoms with Gasteiger partial charge in [-0.05, 0) is 30.2 Å². The summed E-state index contributed by atoms with van der Waals surface area (Å²) in [5, 5.41) is 1.27. The highest BCUT2D eigenvalue weighted by atomic mass is 35.5. The number of nitrogens with two attached hydrogens (primary N) is 1. The maximum Gasteiger partial charge on any atom is 0.130 e. The Bertz CT molecular complexity index is 529. The molecule has 0 bridgehead atoms. The van der Waals surface area contributed by atoms with Crippen molar-refractivity contribution < 1.29 is 0 Å². The minimum Gasteiger partial charge on any atom is -0.397 e. The van der Waals surface area contributed by atoms with Crippen LogP contribution >= 0.6 is 23.4 Å². The van der Waals surface area contributed by atoms with E-state index in [1.54, 1.807) is 23.9 Å². The minimum absolute atomic E-state index is 0.478. The molecule has 0 radical (unpaired) electrons. The van der Waals surface area contributed by atoms with Gasteiger partial charge in [-0.1, -0.05) is 47.6 Å². The van der Waals surface area contributed by atoms with Gasteiger partial charge in [-0.3, -0.25) is 0 Å². The number of hydrogen-bond acceptors (Lipinski definition) is 3. The molecule has 2 aromatic rings. The van der Waals surface area contributed by atoms with Crippen molar-refractivity contribution in [1.82, 2.24) is 4.98 Å². The van der Waals surface area contributed by atoms with Crippen molar-refractivity contribution >= 4 is 29.1 Å². The maximum atomic E-state index is 5.85. The normalized spacial score (nSPS) is 10.5. The fourth-order valence-electron chi connectivity index (χ4n) is 1.46. The molecule has 0 unspecified atom stereocenters. The summed E-state index contributed by atoms with van der Waals surface area (Å²) in [4.78, 5) is 4.22. The van der Waals surface area contributed by atoms with Gasteiger partial charge < -0.3 is 5.73 Å². The van der Waals surface area contributed by atoms with Crippen molar-refractivity contribution in [2.45, 2.75) is 17.7 Å². The Balaban J connectivity index is 2.12. The Morgan fingerprint density at radius 3 is 2.76 bits per heavy atom. The van der Waals surface area contributed by atoms with E-state index < -0.39 is 0 Å². The van der Waals surface area contributed by atoms with Gasteiger partial charge in [0.15, 0.2) is 0 Å². The van der Waals surface area contributed by atoms with Gasteiger partial charge >= 0.3 is 0 Å². The van der Waals surface area contributed by atoms with Gasteiger partial charge in [0.1, 0.15) is 10.2 Å². The molecule has 88 valence electrons. The van der Waals surface area contributed by atoms with Crippen LogP contribution in [0, 0.1) is 6.92 Å². The molecule has 0 amide bonds. The van der Waals surface area contributed by atoms with Gasteiger partial charge in [-0.15, -0.1) is 0 Å². The molecule has 1 aromatic heterocycles. The molecule has 0 aliphatic heterocycles. The summed E-state index contributed by atoms with van der Waals surface area (Å²) in [6, 6.07) is 11.8. The van der Waals surface area contributed by atoms with E-state index in [-0.39, 0.29) is 0 Å². The number of rotatable bonds is 3. The number of hydrogen-bond donors (Lipinski definition) is 1. The first-order valence-corrected chi connectivity index (χ1v) is 6.62. The number of pyridine rings is 1. The van der Waals surface area contributed by atoms with E-state index in [0.717, 1.165) is 10.8 Å². The molecule has 4 heteroatoms. The molecular formula is C13H13ClN2S. The second-order valence-electron chi connectivity index (χ2n) is 3.74. The number of aromatic nitrogens is 1. The van der Waals surface area contributed by atoms with Crippen LogP contribution in [-0.4, -0.2) is 4.98 Å². The highest BCUT2D eigenvalue weighted by Gasteiger charge is 2.04. The van der Waals surface area contributed by atoms with Crippen molar-refractivity contribution in [3.63, 3.8) is 0 Å². The van der Waals surface area contributed by atoms with Gasteiger partial charge in [0.25, 0.3) is 0 Å². The number of anilines is 1. The van der Waals surface area contributed by atoms with Crippen LogP contribution in [0.25, 0.3) is 0 Å². The van der Waals surface area contributed by atoms with E-state index in [0.29, 0.717) is 10.8 Å². The average Bonchev–Trinajstić information content (AvgIpc) is 2.32. The topological polar surface area (TPSA) is 38.9 Å². The summed E-state index contributed by atoms with van der Waals surface area (Å²) in [6.45, 7) is 2.10. The predicted molar refractivity (Wildman–Crippen MR) is 74.4 cm³/mol. The highest BCUT2D eigenvalue weighted by Crippen LogP contribution is 2.28. The lowest BCUT2D eigenvalue weighted by Gasteiger charge is -2.07. The van der Waals surface area contributed by atoms with Crippen LogP contribution in [0.2, 0.25) is 5.15 Å². The fraction of sp³-hybridized carbons (Fsp3) is 0.154. The Hall–Kier alpha value is -1.19. The number of nitrogens with zero attached hydrogens (tertiary/aromatic N) is 1. The van der Waals surface area contributed by atoms with Crippen molar-refractivity contribution in [3.05, 3.63) is 52.7 Å². The Morgan fingerprint density at radius 1 is 1.24 bits per heavy atom. The van der Waals surface area contributed by atoms with Crippen LogP contribution in [0.1, 0.15) is 11.1 Å². The molecule has 0 fully saturated rings. The lowest BCUT2D eigenvalue weighted by molar-refractivity contribution is 1.14. The van der Waals surface area contributed by atoms with Gasteiger partial charge in [-0.25, -0.2) is 4.98 Å². The summed E-state index contributed by atoms with van der Waals surface area (Å²) >= 11 is 7.46. The standard InChI is InChI=1S/C13H13ClN2S/c1-9-4-2-3-5-10(9)8-17-13-11(15)6-7-12(14)16-13/h2-7H,8,15H2,1H3. The van der Waals surface area contributed by atoms with Gasteiger partial charge in [0.2, 0.25) is 0 Å². The van der Waals surface area contributed by atoms with Crippen LogP contribution in [-0.2, 0) is 5.75 Å². The largest absolute Gasteiger partial charge is 0.397 e. The molecule has 1 aromatic carbocycles. The lowest BCUT2D eigenvalue weighted by Crippen LogP contribution is -1.93. The molecule has 0 spiro atoms. The summed E-state index contributed by atoms with van der Waals surface area (Å²) < 4.78 is 0. The van der Waals surface area contributed by atoms with Crippen LogP contribution in [0.4, 0.5) is 5.69 Å². The van der Waals surface area contributed by atoms with Crippen LogP contribution in [0.5, 0.6) is 0 Å². The second kappa shape index (κ2) is 5.43. The van der Waals surface area contributed by atoms with Crippen molar-refractivity contribution in [3.8, 4) is 0 Å². The molecule has 0 aliphatic carbocycles. The minimum atomic E-state index is 0.478. The number of halogens is 1. The van der Waals surface area contributed by atoms with Crippen molar-refractivity contribution in [2.24, 2.45) is 0 Å². The average molecular weight is 265 g/mol. The summed E-state index contributed by atoms with van der Waals surface area (Å²) in [5.41, 5.74) is 9.09. The molecule has 0 saturated heterocycles. The number of aryl methyl sites for hydroxylation is 1. The zero-order chi connectivity index (χ0) is 12.3. The Kier molecular flexibility index (Phi) is 3.92. The monoisotopic (exact) mass is 264 g/mol. The zero-order valence-electron chi connectivity index (χ0n) is 9.48. The fourth-order valence-corrected chi connectivity index (χ4v) is 2.67. The van der Waals surface area contributed by atoms with E-state index in [2.05, 4.69) is 24.0 Å². The smallest absolute Gasteiger partial charge is 0.130 e. The van der Waals surface area contributed by atoms with E-state index in [4.69, 9.17) is 17.3 Å². The summed E-state index contributed by atoms with van der Waals surface area (Å²) in [7, 11) is 0. The first-order valence-electron chi connectivity index (χ1n) is 5.26. The third-order valence-corrected chi connectivity index (χ3v) is 3.75. The van der Waals surface area contributed by atoms with Crippen molar-refractivity contribution in [1.29, 1.82) is 0 Å². The molecule has 0 atom stereocenters. The van der Waals surface area contributed by atoms with E-state index in [1.807, 2.05) is 12.1 Å². The summed E-state index contributed by atoms with van der Waals surface area (Å²) in [5.74, 6) is 0.851. The third-order valence-electron chi connectivity index (χ3n) is 2.48. The zero-order valence-corrected chi connectivity index (χ0v) is 11.1. The molecule has 0 saturated carbocycles. The lowest BCUT2D eigenvalue weighted by atomic mass is 10.1. The van der Waals surface area contributed by atoms with Gasteiger partial charge in [-0.2, -0.15) is 0 Å². The molecule has 2 rings (SSSR count). The number of nitrogen functional groups attached to an aromatic ring is 1. The molecule has 17 heavy (non-hydrogen) atoms. The van der Waals surface area contributed by atoms with Crippen molar-refractivity contribution in [2.75, 3.05) is 5.73 Å². The number of benzene rings is 1. The first-order chi connectivity index (χ1) is 8.16. The molecule has 2 N–H and O–H groups in total.